The summed E-state index contributed by atoms with van der Waals surface area (Å²) in [5.74, 6) is 0.275. The Labute approximate surface area is 158 Å². The maximum atomic E-state index is 12.0. The largest absolute Gasteiger partial charge is 0.477 e. The summed E-state index contributed by atoms with van der Waals surface area (Å²) in [5, 5.41) is 14.0. The second-order valence-electron chi connectivity index (χ2n) is 7.25. The zero-order valence-electron chi connectivity index (χ0n) is 15.3. The van der Waals surface area contributed by atoms with Crippen LogP contribution in [0, 0.1) is 5.92 Å². The fraction of sp³-hybridized carbons (Fsp3) is 0.500. The molecule has 1 aromatic heterocycles. The van der Waals surface area contributed by atoms with E-state index in [9.17, 15) is 9.90 Å². The van der Waals surface area contributed by atoms with Gasteiger partial charge >= 0.3 is 5.97 Å². The third-order valence-corrected chi connectivity index (χ3v) is 5.36. The van der Waals surface area contributed by atoms with Crippen LogP contribution in [0.2, 0.25) is 0 Å². The summed E-state index contributed by atoms with van der Waals surface area (Å²) < 4.78 is 10.9. The van der Waals surface area contributed by atoms with Crippen LogP contribution in [0.3, 0.4) is 0 Å². The molecule has 4 rings (SSSR count). The summed E-state index contributed by atoms with van der Waals surface area (Å²) >= 11 is 0. The molecule has 0 aliphatic carbocycles. The second kappa shape index (κ2) is 8.10. The average Bonchev–Trinajstić information content (AvgIpc) is 3.15. The topological polar surface area (TPSA) is 79.0 Å². The van der Waals surface area contributed by atoms with Gasteiger partial charge in [0.2, 0.25) is 0 Å². The molecule has 7 heteroatoms. The summed E-state index contributed by atoms with van der Waals surface area (Å²) in [6.45, 7) is 6.16. The molecule has 144 valence electrons. The third-order valence-electron chi connectivity index (χ3n) is 5.36. The Kier molecular flexibility index (Phi) is 5.40. The molecule has 2 aliphatic rings. The number of carboxylic acids is 1. The Morgan fingerprint density at radius 3 is 2.70 bits per heavy atom. The third kappa shape index (κ3) is 3.99. The van der Waals surface area contributed by atoms with Gasteiger partial charge in [0.25, 0.3) is 0 Å². The van der Waals surface area contributed by atoms with Crippen molar-refractivity contribution in [3.8, 4) is 11.3 Å². The molecule has 0 saturated carbocycles. The minimum absolute atomic E-state index is 0.160. The van der Waals surface area contributed by atoms with Gasteiger partial charge in [0.1, 0.15) is 0 Å². The minimum atomic E-state index is -1.000. The van der Waals surface area contributed by atoms with Crippen LogP contribution in [0.1, 0.15) is 23.2 Å². The number of hydrogen-bond donors (Lipinski definition) is 1. The normalized spacial score (nSPS) is 21.3. The predicted molar refractivity (Wildman–Crippen MR) is 101 cm³/mol. The van der Waals surface area contributed by atoms with Crippen LogP contribution < -0.4 is 4.90 Å². The Balaban J connectivity index is 1.53. The van der Waals surface area contributed by atoms with E-state index in [4.69, 9.17) is 9.26 Å². The SMILES string of the molecule is O=C(O)c1c(N2CCCC(CN3CCOCC3)C2)noc1-c1ccccc1. The van der Waals surface area contributed by atoms with E-state index in [-0.39, 0.29) is 5.56 Å². The number of anilines is 1. The van der Waals surface area contributed by atoms with Crippen LogP contribution in [-0.4, -0.2) is 67.1 Å². The van der Waals surface area contributed by atoms with Crippen LogP contribution in [-0.2, 0) is 4.74 Å². The number of hydrogen-bond acceptors (Lipinski definition) is 6. The number of ether oxygens (including phenoxy) is 1. The lowest BCUT2D eigenvalue weighted by Crippen LogP contribution is -2.45. The first-order chi connectivity index (χ1) is 13.2. The highest BCUT2D eigenvalue weighted by Gasteiger charge is 2.31. The first-order valence-corrected chi connectivity index (χ1v) is 9.56. The molecule has 2 fully saturated rings. The molecule has 1 N–H and O–H groups in total. The Morgan fingerprint density at radius 1 is 1.19 bits per heavy atom. The Morgan fingerprint density at radius 2 is 1.96 bits per heavy atom. The van der Waals surface area contributed by atoms with Crippen LogP contribution in [0.4, 0.5) is 5.82 Å². The number of aromatic carboxylic acids is 1. The van der Waals surface area contributed by atoms with Gasteiger partial charge in [-0.1, -0.05) is 35.5 Å². The maximum absolute atomic E-state index is 12.0. The standard InChI is InChI=1S/C20H25N3O4/c24-20(25)17-18(16-6-2-1-3-7-16)27-21-19(17)23-8-4-5-15(14-23)13-22-9-11-26-12-10-22/h1-3,6-7,15H,4-5,8-14H2,(H,24,25). The molecule has 1 aromatic carbocycles. The predicted octanol–water partition coefficient (Wildman–Crippen LogP) is 2.59. The molecule has 0 amide bonds. The molecule has 2 aromatic rings. The van der Waals surface area contributed by atoms with E-state index in [0.29, 0.717) is 17.5 Å². The zero-order valence-corrected chi connectivity index (χ0v) is 15.3. The van der Waals surface area contributed by atoms with E-state index in [1.165, 1.54) is 0 Å². The molecular weight excluding hydrogens is 346 g/mol. The van der Waals surface area contributed by atoms with Crippen molar-refractivity contribution in [2.24, 2.45) is 5.92 Å². The number of piperidine rings is 1. The number of carbonyl (C=O) groups is 1. The smallest absolute Gasteiger partial charge is 0.343 e. The van der Waals surface area contributed by atoms with E-state index >= 15 is 0 Å². The summed E-state index contributed by atoms with van der Waals surface area (Å²) in [7, 11) is 0. The average molecular weight is 371 g/mol. The van der Waals surface area contributed by atoms with Gasteiger partial charge in [-0.05, 0) is 18.8 Å². The van der Waals surface area contributed by atoms with Crippen molar-refractivity contribution in [2.45, 2.75) is 12.8 Å². The van der Waals surface area contributed by atoms with Crippen LogP contribution in [0.25, 0.3) is 11.3 Å². The Hall–Kier alpha value is -2.38. The van der Waals surface area contributed by atoms with E-state index in [2.05, 4.69) is 15.0 Å². The van der Waals surface area contributed by atoms with Gasteiger partial charge < -0.3 is 19.3 Å². The van der Waals surface area contributed by atoms with Gasteiger partial charge in [-0.3, -0.25) is 4.90 Å². The lowest BCUT2D eigenvalue weighted by atomic mass is 9.96. The highest BCUT2D eigenvalue weighted by Crippen LogP contribution is 2.33. The summed E-state index contributed by atoms with van der Waals surface area (Å²) in [6.07, 6.45) is 2.18. The summed E-state index contributed by atoms with van der Waals surface area (Å²) in [6, 6.07) is 9.30. The number of rotatable bonds is 5. The highest BCUT2D eigenvalue weighted by atomic mass is 16.5. The van der Waals surface area contributed by atoms with Gasteiger partial charge in [-0.2, -0.15) is 0 Å². The quantitative estimate of drug-likeness (QED) is 0.865. The van der Waals surface area contributed by atoms with Crippen molar-refractivity contribution >= 4 is 11.8 Å². The van der Waals surface area contributed by atoms with Crippen LogP contribution >= 0.6 is 0 Å². The molecule has 1 atom stereocenters. The van der Waals surface area contributed by atoms with Gasteiger partial charge in [0.15, 0.2) is 17.1 Å². The van der Waals surface area contributed by atoms with Crippen molar-refractivity contribution < 1.29 is 19.2 Å². The fourth-order valence-electron chi connectivity index (χ4n) is 4.03. The molecule has 0 spiro atoms. The van der Waals surface area contributed by atoms with E-state index < -0.39 is 5.97 Å². The lowest BCUT2D eigenvalue weighted by molar-refractivity contribution is 0.0296. The molecule has 27 heavy (non-hydrogen) atoms. The molecule has 3 heterocycles. The van der Waals surface area contributed by atoms with Crippen molar-refractivity contribution in [1.29, 1.82) is 0 Å². The molecule has 0 bridgehead atoms. The second-order valence-corrected chi connectivity index (χ2v) is 7.25. The van der Waals surface area contributed by atoms with Gasteiger partial charge in [0, 0.05) is 38.3 Å². The maximum Gasteiger partial charge on any atom is 0.343 e. The number of aromatic nitrogens is 1. The van der Waals surface area contributed by atoms with Crippen molar-refractivity contribution in [1.82, 2.24) is 10.1 Å². The molecule has 7 nitrogen and oxygen atoms in total. The van der Waals surface area contributed by atoms with Gasteiger partial charge in [-0.15, -0.1) is 0 Å². The molecular formula is C20H25N3O4. The van der Waals surface area contributed by atoms with Crippen LogP contribution in [0.5, 0.6) is 0 Å². The van der Waals surface area contributed by atoms with E-state index in [1.54, 1.807) is 0 Å². The van der Waals surface area contributed by atoms with Crippen molar-refractivity contribution in [3.63, 3.8) is 0 Å². The summed E-state index contributed by atoms with van der Waals surface area (Å²) in [4.78, 5) is 16.5. The monoisotopic (exact) mass is 371 g/mol. The Bertz CT molecular complexity index is 771. The number of nitrogens with zero attached hydrogens (tertiary/aromatic N) is 3. The summed E-state index contributed by atoms with van der Waals surface area (Å²) in [5.41, 5.74) is 0.892. The van der Waals surface area contributed by atoms with Crippen molar-refractivity contribution in [3.05, 3.63) is 35.9 Å². The number of carboxylic acid groups (broad SMARTS) is 1. The van der Waals surface area contributed by atoms with Crippen LogP contribution in [0.15, 0.2) is 34.9 Å². The first-order valence-electron chi connectivity index (χ1n) is 9.56. The molecule has 0 radical (unpaired) electrons. The van der Waals surface area contributed by atoms with E-state index in [0.717, 1.165) is 64.3 Å². The zero-order chi connectivity index (χ0) is 18.6. The number of benzene rings is 1. The van der Waals surface area contributed by atoms with Gasteiger partial charge in [-0.25, -0.2) is 4.79 Å². The number of morpholine rings is 1. The lowest BCUT2D eigenvalue weighted by Gasteiger charge is -2.36. The molecule has 2 saturated heterocycles. The molecule has 2 aliphatic heterocycles. The minimum Gasteiger partial charge on any atom is -0.477 e. The van der Waals surface area contributed by atoms with Crippen molar-refractivity contribution in [2.75, 3.05) is 50.8 Å². The fourth-order valence-corrected chi connectivity index (χ4v) is 4.03. The van der Waals surface area contributed by atoms with Gasteiger partial charge in [0.05, 0.1) is 13.2 Å². The highest BCUT2D eigenvalue weighted by molar-refractivity contribution is 5.99. The first kappa shape index (κ1) is 18.0. The molecule has 1 unspecified atom stereocenters. The van der Waals surface area contributed by atoms with E-state index in [1.807, 2.05) is 30.3 Å².